The molecular formula is C31H33F3N2O4S. The largest absolute Gasteiger partial charge is 0.417 e. The number of aliphatic hydroxyl groups is 1. The van der Waals surface area contributed by atoms with Crippen molar-refractivity contribution in [3.63, 3.8) is 0 Å². The maximum Gasteiger partial charge on any atom is 0.417 e. The molecule has 2 aliphatic rings. The lowest BCUT2D eigenvalue weighted by Gasteiger charge is -2.55. The Kier molecular flexibility index (Phi) is 8.02. The zero-order valence-corrected chi connectivity index (χ0v) is 23.8. The zero-order valence-electron chi connectivity index (χ0n) is 22.9. The molecule has 0 aliphatic carbocycles. The van der Waals surface area contributed by atoms with Crippen molar-refractivity contribution in [3.05, 3.63) is 89.0 Å². The summed E-state index contributed by atoms with van der Waals surface area (Å²) in [5.74, 6) is -0.572. The summed E-state index contributed by atoms with van der Waals surface area (Å²) >= 11 is 0. The maximum absolute atomic E-state index is 13.8. The Morgan fingerprint density at radius 1 is 0.951 bits per heavy atom. The number of benzene rings is 3. The monoisotopic (exact) mass is 586 g/mol. The Morgan fingerprint density at radius 3 is 2.34 bits per heavy atom. The molecule has 1 N–H and O–H groups in total. The lowest BCUT2D eigenvalue weighted by molar-refractivity contribution is -0.150. The van der Waals surface area contributed by atoms with Crippen molar-refractivity contribution >= 4 is 15.9 Å². The quantitative estimate of drug-likeness (QED) is 0.427. The highest BCUT2D eigenvalue weighted by molar-refractivity contribution is 7.89. The number of halogens is 3. The normalized spacial score (nSPS) is 22.3. The van der Waals surface area contributed by atoms with Gasteiger partial charge in [-0.15, -0.1) is 0 Å². The third kappa shape index (κ3) is 5.40. The summed E-state index contributed by atoms with van der Waals surface area (Å²) in [6.07, 6.45) is -3.94. The number of hydrogen-bond donors (Lipinski definition) is 1. The van der Waals surface area contributed by atoms with Crippen molar-refractivity contribution in [3.8, 4) is 11.1 Å². The van der Waals surface area contributed by atoms with Crippen LogP contribution in [0.15, 0.2) is 71.6 Å². The molecule has 3 aromatic rings. The molecule has 0 unspecified atom stereocenters. The summed E-state index contributed by atoms with van der Waals surface area (Å²) in [4.78, 5) is 13.9. The van der Waals surface area contributed by atoms with Gasteiger partial charge in [0.15, 0.2) is 0 Å². The molecule has 10 heteroatoms. The number of carbonyl (C=O) groups is 1. The second-order valence-corrected chi connectivity index (χ2v) is 12.7. The van der Waals surface area contributed by atoms with Gasteiger partial charge in [-0.2, -0.15) is 17.5 Å². The summed E-state index contributed by atoms with van der Waals surface area (Å²) < 4.78 is 69.8. The number of fused-ring (bicyclic) bond motifs is 1. The summed E-state index contributed by atoms with van der Waals surface area (Å²) in [7, 11) is -4.54. The summed E-state index contributed by atoms with van der Waals surface area (Å²) in [6.45, 7) is 3.62. The number of hydrogen-bond acceptors (Lipinski definition) is 4. The molecule has 3 atom stereocenters. The third-order valence-electron chi connectivity index (χ3n) is 8.48. The Labute approximate surface area is 238 Å². The lowest BCUT2D eigenvalue weighted by Crippen LogP contribution is -2.68. The van der Waals surface area contributed by atoms with E-state index in [2.05, 4.69) is 6.92 Å². The van der Waals surface area contributed by atoms with Crippen LogP contribution in [0, 0.1) is 13.8 Å². The van der Waals surface area contributed by atoms with E-state index in [0.29, 0.717) is 12.8 Å². The number of sulfonamides is 1. The molecule has 0 bridgehead atoms. The Bertz CT molecular complexity index is 1540. The average Bonchev–Trinajstić information content (AvgIpc) is 2.99. The van der Waals surface area contributed by atoms with E-state index in [0.717, 1.165) is 44.8 Å². The van der Waals surface area contributed by atoms with Crippen molar-refractivity contribution < 1.29 is 31.5 Å². The summed E-state index contributed by atoms with van der Waals surface area (Å²) in [6, 6.07) is 16.9. The highest BCUT2D eigenvalue weighted by Gasteiger charge is 2.52. The molecule has 1 amide bonds. The molecule has 0 radical (unpaired) electrons. The Hall–Kier alpha value is -3.21. The number of alkyl halides is 3. The molecule has 6 nitrogen and oxygen atoms in total. The van der Waals surface area contributed by atoms with Crippen LogP contribution in [0.1, 0.15) is 47.4 Å². The molecule has 3 aromatic carbocycles. The van der Waals surface area contributed by atoms with Crippen LogP contribution in [0.5, 0.6) is 0 Å². The number of aryl methyl sites for hydroxylation is 1. The van der Waals surface area contributed by atoms with Gasteiger partial charge in [-0.05, 0) is 66.6 Å². The number of carbonyl (C=O) groups excluding carboxylic acids is 1. The molecule has 2 aliphatic heterocycles. The van der Waals surface area contributed by atoms with Crippen LogP contribution < -0.4 is 0 Å². The van der Waals surface area contributed by atoms with Gasteiger partial charge in [-0.25, -0.2) is 8.42 Å². The molecule has 41 heavy (non-hydrogen) atoms. The van der Waals surface area contributed by atoms with Crippen LogP contribution in [0.25, 0.3) is 11.1 Å². The fraction of sp³-hybridized carbons (Fsp3) is 0.387. The van der Waals surface area contributed by atoms with Crippen LogP contribution in [0.3, 0.4) is 0 Å². The predicted molar refractivity (Wildman–Crippen MR) is 150 cm³/mol. The highest BCUT2D eigenvalue weighted by Crippen LogP contribution is 2.44. The lowest BCUT2D eigenvalue weighted by atomic mass is 9.74. The van der Waals surface area contributed by atoms with Gasteiger partial charge in [-0.1, -0.05) is 54.6 Å². The highest BCUT2D eigenvalue weighted by atomic mass is 32.2. The summed E-state index contributed by atoms with van der Waals surface area (Å²) in [5, 5.41) is 10.3. The van der Waals surface area contributed by atoms with Gasteiger partial charge in [-0.3, -0.25) is 4.79 Å². The molecule has 218 valence electrons. The van der Waals surface area contributed by atoms with Gasteiger partial charge in [0.05, 0.1) is 29.1 Å². The molecule has 5 rings (SSSR count). The minimum atomic E-state index is -4.84. The standard InChI is InChI=1S/C31H33F3N2O4S/c1-20-8-7-9-24(21(20)2)22-13-15-23(16-14-22)30-26-18-35(17-6-5-12-29(38)36(26)27(30)19-37)41(39,40)28-11-4-3-10-25(28)31(32,33)34/h3-4,7-11,13-16,26-27,30,37H,5-6,12,17-19H2,1-2H3/t26-,27+,30-/m0/s1. The van der Waals surface area contributed by atoms with Crippen molar-refractivity contribution in [2.75, 3.05) is 19.7 Å². The fourth-order valence-corrected chi connectivity index (χ4v) is 7.90. The van der Waals surface area contributed by atoms with Crippen molar-refractivity contribution in [1.29, 1.82) is 0 Å². The fourth-order valence-electron chi connectivity index (χ4n) is 6.19. The summed E-state index contributed by atoms with van der Waals surface area (Å²) in [5.41, 5.74) is 4.03. The van der Waals surface area contributed by atoms with Crippen molar-refractivity contribution in [2.24, 2.45) is 0 Å². The van der Waals surface area contributed by atoms with Crippen LogP contribution in [0.4, 0.5) is 13.2 Å². The van der Waals surface area contributed by atoms with Gasteiger partial charge < -0.3 is 10.0 Å². The molecule has 2 heterocycles. The third-order valence-corrected chi connectivity index (χ3v) is 10.4. The van der Waals surface area contributed by atoms with Crippen LogP contribution >= 0.6 is 0 Å². The first-order chi connectivity index (χ1) is 19.4. The molecule has 0 spiro atoms. The van der Waals surface area contributed by atoms with Gasteiger partial charge in [0.25, 0.3) is 0 Å². The molecule has 0 aromatic heterocycles. The Morgan fingerprint density at radius 2 is 1.66 bits per heavy atom. The Balaban J connectivity index is 1.51. The average molecular weight is 587 g/mol. The van der Waals surface area contributed by atoms with Crippen LogP contribution in [-0.4, -0.2) is 60.4 Å². The van der Waals surface area contributed by atoms with E-state index in [4.69, 9.17) is 0 Å². The van der Waals surface area contributed by atoms with E-state index in [9.17, 15) is 31.5 Å². The van der Waals surface area contributed by atoms with Gasteiger partial charge in [0.1, 0.15) is 0 Å². The first-order valence-electron chi connectivity index (χ1n) is 13.7. The number of amides is 1. The van der Waals surface area contributed by atoms with E-state index < -0.39 is 38.7 Å². The molecule has 2 saturated heterocycles. The predicted octanol–water partition coefficient (Wildman–Crippen LogP) is 5.52. The van der Waals surface area contributed by atoms with Crippen molar-refractivity contribution in [1.82, 2.24) is 9.21 Å². The number of aliphatic hydroxyl groups excluding tert-OH is 1. The minimum absolute atomic E-state index is 0.00572. The van der Waals surface area contributed by atoms with Crippen LogP contribution in [0.2, 0.25) is 0 Å². The van der Waals surface area contributed by atoms with Gasteiger partial charge >= 0.3 is 6.18 Å². The SMILES string of the molecule is Cc1cccc(-c2ccc([C@@H]3[C@@H](CO)N4C(=O)CCCCN(S(=O)(=O)c5ccccc5C(F)(F)F)C[C@@H]34)cc2)c1C. The van der Waals surface area contributed by atoms with Gasteiger partial charge in [0, 0.05) is 25.4 Å². The van der Waals surface area contributed by atoms with E-state index >= 15 is 0 Å². The molecular weight excluding hydrogens is 553 g/mol. The minimum Gasteiger partial charge on any atom is -0.394 e. The van der Waals surface area contributed by atoms with E-state index in [1.54, 1.807) is 0 Å². The van der Waals surface area contributed by atoms with E-state index in [1.165, 1.54) is 16.5 Å². The van der Waals surface area contributed by atoms with E-state index in [-0.39, 0.29) is 37.9 Å². The topological polar surface area (TPSA) is 77.9 Å². The van der Waals surface area contributed by atoms with Crippen molar-refractivity contribution in [2.45, 2.75) is 62.2 Å². The number of nitrogens with zero attached hydrogens (tertiary/aromatic N) is 2. The van der Waals surface area contributed by atoms with Gasteiger partial charge in [0.2, 0.25) is 15.9 Å². The first kappa shape index (κ1) is 29.3. The molecule has 0 saturated carbocycles. The maximum atomic E-state index is 13.8. The second-order valence-electron chi connectivity index (χ2n) is 10.8. The van der Waals surface area contributed by atoms with Crippen LogP contribution in [-0.2, 0) is 21.0 Å². The first-order valence-corrected chi connectivity index (χ1v) is 15.1. The second kappa shape index (κ2) is 11.2. The van der Waals surface area contributed by atoms with E-state index in [1.807, 2.05) is 49.4 Å². The zero-order chi connectivity index (χ0) is 29.5. The smallest absolute Gasteiger partial charge is 0.394 e. The molecule has 2 fully saturated rings. The number of rotatable bonds is 5.